The van der Waals surface area contributed by atoms with Crippen LogP contribution < -0.4 is 5.01 Å². The zero-order valence-corrected chi connectivity index (χ0v) is 13.2. The second-order valence-corrected chi connectivity index (χ2v) is 5.15. The molecule has 1 heterocycles. The quantitative estimate of drug-likeness (QED) is 0.584. The van der Waals surface area contributed by atoms with Gasteiger partial charge in [0.1, 0.15) is 5.69 Å². The third kappa shape index (κ3) is 3.96. The monoisotopic (exact) mass is 364 g/mol. The number of hydrazine groups is 1. The Kier molecular flexibility index (Phi) is 5.42. The van der Waals surface area contributed by atoms with Crippen molar-refractivity contribution in [2.45, 2.75) is 13.1 Å². The number of anilines is 1. The van der Waals surface area contributed by atoms with E-state index in [9.17, 15) is 33.4 Å². The molecule has 0 radical (unpaired) electrons. The number of non-ortho nitro benzene ring substituents is 1. The van der Waals surface area contributed by atoms with Gasteiger partial charge in [-0.1, -0.05) is 0 Å². The number of nitrogens with zero attached hydrogens (tertiary/aromatic N) is 4. The number of nitro benzene ring substituents is 2. The first-order valence-corrected chi connectivity index (χ1v) is 7.31. The molecule has 1 aliphatic heterocycles. The van der Waals surface area contributed by atoms with Crippen LogP contribution in [-0.4, -0.2) is 47.7 Å². The molecular weight excluding hydrogens is 349 g/mol. The van der Waals surface area contributed by atoms with Gasteiger partial charge in [-0.05, 0) is 6.92 Å². The van der Waals surface area contributed by atoms with Gasteiger partial charge < -0.3 is 4.74 Å². The SMILES string of the molecule is CCN(c1c([N+](=O)[O-])cc([N+](=O)[O-])cc1C(F)(F)F)N1CCOCC1. The van der Waals surface area contributed by atoms with Gasteiger partial charge in [-0.3, -0.25) is 25.2 Å². The normalized spacial score (nSPS) is 15.8. The minimum atomic E-state index is -4.99. The summed E-state index contributed by atoms with van der Waals surface area (Å²) in [6, 6.07) is 0.874. The maximum Gasteiger partial charge on any atom is 0.418 e. The zero-order valence-electron chi connectivity index (χ0n) is 13.2. The Bertz CT molecular complexity index is 676. The summed E-state index contributed by atoms with van der Waals surface area (Å²) in [6.45, 7) is 2.58. The molecule has 25 heavy (non-hydrogen) atoms. The summed E-state index contributed by atoms with van der Waals surface area (Å²) < 4.78 is 45.6. The Labute approximate surface area is 139 Å². The molecule has 1 aromatic carbocycles. The lowest BCUT2D eigenvalue weighted by molar-refractivity contribution is -0.394. The fraction of sp³-hybridized carbons (Fsp3) is 0.538. The highest BCUT2D eigenvalue weighted by Gasteiger charge is 2.42. The minimum absolute atomic E-state index is 0.0156. The van der Waals surface area contributed by atoms with Crippen molar-refractivity contribution < 1.29 is 27.8 Å². The second-order valence-electron chi connectivity index (χ2n) is 5.15. The molecule has 12 heteroatoms. The second kappa shape index (κ2) is 7.19. The van der Waals surface area contributed by atoms with Gasteiger partial charge in [0.25, 0.3) is 5.69 Å². The average molecular weight is 364 g/mol. The van der Waals surface area contributed by atoms with E-state index < -0.39 is 38.6 Å². The number of alkyl halides is 3. The number of nitro groups is 2. The lowest BCUT2D eigenvalue weighted by atomic mass is 10.1. The van der Waals surface area contributed by atoms with Crippen LogP contribution in [0.25, 0.3) is 0 Å². The molecule has 0 N–H and O–H groups in total. The molecule has 0 saturated carbocycles. The van der Waals surface area contributed by atoms with E-state index in [1.54, 1.807) is 6.92 Å². The lowest BCUT2D eigenvalue weighted by Crippen LogP contribution is -2.49. The van der Waals surface area contributed by atoms with E-state index in [0.717, 1.165) is 5.01 Å². The Morgan fingerprint density at radius 1 is 1.20 bits per heavy atom. The van der Waals surface area contributed by atoms with Crippen LogP contribution in [0.4, 0.5) is 30.2 Å². The number of hydrogen-bond acceptors (Lipinski definition) is 7. The van der Waals surface area contributed by atoms with E-state index in [0.29, 0.717) is 12.1 Å². The van der Waals surface area contributed by atoms with Gasteiger partial charge in [0, 0.05) is 25.7 Å². The number of ether oxygens (including phenoxy) is 1. The van der Waals surface area contributed by atoms with Crippen LogP contribution in [0, 0.1) is 20.2 Å². The Balaban J connectivity index is 2.71. The number of halogens is 3. The highest BCUT2D eigenvalue weighted by molar-refractivity contribution is 5.72. The topological polar surface area (TPSA) is 102 Å². The predicted octanol–water partition coefficient (Wildman–Crippen LogP) is 2.60. The van der Waals surface area contributed by atoms with Gasteiger partial charge in [0.15, 0.2) is 0 Å². The van der Waals surface area contributed by atoms with Crippen molar-refractivity contribution in [3.8, 4) is 0 Å². The summed E-state index contributed by atoms with van der Waals surface area (Å²) in [7, 11) is 0. The van der Waals surface area contributed by atoms with Crippen molar-refractivity contribution in [2.75, 3.05) is 37.9 Å². The maximum atomic E-state index is 13.5. The van der Waals surface area contributed by atoms with E-state index in [2.05, 4.69) is 0 Å². The minimum Gasteiger partial charge on any atom is -0.379 e. The third-order valence-corrected chi connectivity index (χ3v) is 3.67. The van der Waals surface area contributed by atoms with Crippen LogP contribution in [0.1, 0.15) is 12.5 Å². The molecular formula is C13H15F3N4O5. The van der Waals surface area contributed by atoms with Crippen LogP contribution in [0.5, 0.6) is 0 Å². The molecule has 9 nitrogen and oxygen atoms in total. The molecule has 0 amide bonds. The van der Waals surface area contributed by atoms with E-state index in [-0.39, 0.29) is 32.8 Å². The smallest absolute Gasteiger partial charge is 0.379 e. The van der Waals surface area contributed by atoms with Gasteiger partial charge >= 0.3 is 11.9 Å². The highest BCUT2D eigenvalue weighted by atomic mass is 19.4. The van der Waals surface area contributed by atoms with Crippen molar-refractivity contribution in [1.29, 1.82) is 0 Å². The van der Waals surface area contributed by atoms with Crippen molar-refractivity contribution >= 4 is 17.1 Å². The molecule has 2 rings (SSSR count). The molecule has 0 unspecified atom stereocenters. The molecule has 0 bridgehead atoms. The van der Waals surface area contributed by atoms with Gasteiger partial charge in [0.05, 0.1) is 34.7 Å². The van der Waals surface area contributed by atoms with Crippen molar-refractivity contribution in [3.05, 3.63) is 37.9 Å². The van der Waals surface area contributed by atoms with Crippen molar-refractivity contribution in [2.24, 2.45) is 0 Å². The fourth-order valence-electron chi connectivity index (χ4n) is 2.63. The summed E-state index contributed by atoms with van der Waals surface area (Å²) in [6.07, 6.45) is -4.99. The summed E-state index contributed by atoms with van der Waals surface area (Å²) in [5.41, 5.74) is -4.06. The van der Waals surface area contributed by atoms with Crippen LogP contribution in [-0.2, 0) is 10.9 Å². The number of hydrogen-bond donors (Lipinski definition) is 0. The molecule has 1 saturated heterocycles. The zero-order chi connectivity index (χ0) is 18.8. The van der Waals surface area contributed by atoms with Crippen LogP contribution in [0.3, 0.4) is 0 Å². The van der Waals surface area contributed by atoms with Gasteiger partial charge in [-0.2, -0.15) is 13.2 Å². The van der Waals surface area contributed by atoms with Gasteiger partial charge in [-0.15, -0.1) is 0 Å². The van der Waals surface area contributed by atoms with Crippen molar-refractivity contribution in [3.63, 3.8) is 0 Å². The summed E-state index contributed by atoms with van der Waals surface area (Å²) in [5.74, 6) is 0. The molecule has 1 aliphatic rings. The lowest BCUT2D eigenvalue weighted by Gasteiger charge is -2.38. The molecule has 0 spiro atoms. The third-order valence-electron chi connectivity index (χ3n) is 3.67. The first-order chi connectivity index (χ1) is 11.7. The van der Waals surface area contributed by atoms with Gasteiger partial charge in [-0.25, -0.2) is 5.01 Å². The summed E-state index contributed by atoms with van der Waals surface area (Å²) in [5, 5.41) is 24.8. The maximum absolute atomic E-state index is 13.5. The molecule has 0 atom stereocenters. The fourth-order valence-corrected chi connectivity index (χ4v) is 2.63. The van der Waals surface area contributed by atoms with Crippen LogP contribution in [0.15, 0.2) is 12.1 Å². The molecule has 0 aromatic heterocycles. The van der Waals surface area contributed by atoms with E-state index in [1.165, 1.54) is 5.01 Å². The predicted molar refractivity (Wildman–Crippen MR) is 80.2 cm³/mol. The molecule has 0 aliphatic carbocycles. The van der Waals surface area contributed by atoms with E-state index in [4.69, 9.17) is 4.74 Å². The first kappa shape index (κ1) is 18.9. The Morgan fingerprint density at radius 2 is 1.80 bits per heavy atom. The van der Waals surface area contributed by atoms with E-state index in [1.807, 2.05) is 0 Å². The van der Waals surface area contributed by atoms with Crippen LogP contribution in [0.2, 0.25) is 0 Å². The summed E-state index contributed by atoms with van der Waals surface area (Å²) in [4.78, 5) is 20.1. The van der Waals surface area contributed by atoms with E-state index >= 15 is 0 Å². The Hall–Kier alpha value is -2.47. The van der Waals surface area contributed by atoms with Crippen molar-refractivity contribution in [1.82, 2.24) is 5.01 Å². The standard InChI is InChI=1S/C13H15F3N4O5/c1-2-18(17-3-5-25-6-4-17)12-10(13(14,15)16)7-9(19(21)22)8-11(12)20(23)24/h7-8H,2-6H2,1H3. The average Bonchev–Trinajstić information content (AvgIpc) is 2.55. The first-order valence-electron chi connectivity index (χ1n) is 7.31. The largest absolute Gasteiger partial charge is 0.418 e. The number of morpholine rings is 1. The molecule has 1 fully saturated rings. The Morgan fingerprint density at radius 3 is 2.24 bits per heavy atom. The highest BCUT2D eigenvalue weighted by Crippen LogP contribution is 2.44. The number of benzene rings is 1. The molecule has 138 valence electrons. The summed E-state index contributed by atoms with van der Waals surface area (Å²) >= 11 is 0. The van der Waals surface area contributed by atoms with Crippen LogP contribution >= 0.6 is 0 Å². The molecule has 1 aromatic rings. The van der Waals surface area contributed by atoms with Gasteiger partial charge in [0.2, 0.25) is 0 Å². The number of rotatable bonds is 5.